The van der Waals surface area contributed by atoms with Gasteiger partial charge < -0.3 is 14.8 Å². The van der Waals surface area contributed by atoms with Gasteiger partial charge in [0.25, 0.3) is 0 Å². The summed E-state index contributed by atoms with van der Waals surface area (Å²) in [6.07, 6.45) is 0. The van der Waals surface area contributed by atoms with Crippen LogP contribution >= 0.6 is 0 Å². The molecule has 0 saturated carbocycles. The lowest BCUT2D eigenvalue weighted by molar-refractivity contribution is -0.909. The summed E-state index contributed by atoms with van der Waals surface area (Å²) in [6.45, 7) is 3.12. The number of hydrogen-bond donors (Lipinski definition) is 4. The van der Waals surface area contributed by atoms with E-state index >= 15 is 0 Å². The topological polar surface area (TPSA) is 87.7 Å². The molecule has 0 aromatic rings. The number of quaternary nitrogens is 1. The zero-order valence-electron chi connectivity index (χ0n) is 8.07. The number of nitrogens with two attached hydrogens (primary N) is 1. The van der Waals surface area contributed by atoms with E-state index in [1.165, 1.54) is 0 Å². The number of aliphatic hydroxyl groups excluding tert-OH is 1. The van der Waals surface area contributed by atoms with Gasteiger partial charge >= 0.3 is 0 Å². The molecule has 0 heterocycles. The first kappa shape index (κ1) is 12.8. The average Bonchev–Trinajstić information content (AvgIpc) is 2.12. The zero-order chi connectivity index (χ0) is 10.2. The summed E-state index contributed by atoms with van der Waals surface area (Å²) in [5.74, 6) is 4.92. The molecule has 1 unspecified atom stereocenters. The van der Waals surface area contributed by atoms with E-state index < -0.39 is 0 Å². The van der Waals surface area contributed by atoms with Crippen molar-refractivity contribution in [1.29, 1.82) is 0 Å². The van der Waals surface area contributed by atoms with E-state index in [9.17, 15) is 0 Å². The molecule has 0 spiro atoms. The molecule has 6 heteroatoms. The summed E-state index contributed by atoms with van der Waals surface area (Å²) in [5.41, 5.74) is 2.09. The summed E-state index contributed by atoms with van der Waals surface area (Å²) in [5, 5.41) is 17.3. The number of hydroxylamine groups is 1. The van der Waals surface area contributed by atoms with Crippen LogP contribution in [0.25, 0.3) is 0 Å². The van der Waals surface area contributed by atoms with Crippen molar-refractivity contribution in [1.82, 2.24) is 5.48 Å². The van der Waals surface area contributed by atoms with Gasteiger partial charge in [0.2, 0.25) is 0 Å². The van der Waals surface area contributed by atoms with Crippen LogP contribution in [0, 0.1) is 0 Å². The largest absolute Gasteiger partial charge is 0.391 e. The molecule has 0 radical (unpaired) electrons. The fourth-order valence-corrected chi connectivity index (χ4v) is 1.17. The quantitative estimate of drug-likeness (QED) is 0.273. The highest BCUT2D eigenvalue weighted by molar-refractivity contribution is 4.41. The van der Waals surface area contributed by atoms with E-state index in [2.05, 4.69) is 10.3 Å². The van der Waals surface area contributed by atoms with Crippen molar-refractivity contribution in [3.8, 4) is 0 Å². The van der Waals surface area contributed by atoms with Gasteiger partial charge in [0.15, 0.2) is 0 Å². The second kappa shape index (κ2) is 7.19. The zero-order valence-corrected chi connectivity index (χ0v) is 8.07. The second-order valence-corrected chi connectivity index (χ2v) is 3.29. The van der Waals surface area contributed by atoms with Gasteiger partial charge in [-0.15, -0.1) is 0 Å². The Morgan fingerprint density at radius 2 is 2.08 bits per heavy atom. The predicted molar refractivity (Wildman–Crippen MR) is 47.8 cm³/mol. The highest BCUT2D eigenvalue weighted by atomic mass is 16.6. The van der Waals surface area contributed by atoms with Crippen LogP contribution in [0.1, 0.15) is 0 Å². The second-order valence-electron chi connectivity index (χ2n) is 3.29. The third-order valence-electron chi connectivity index (χ3n) is 2.15. The third kappa shape index (κ3) is 5.92. The summed E-state index contributed by atoms with van der Waals surface area (Å²) in [6, 6.07) is 0. The van der Waals surface area contributed by atoms with Gasteiger partial charge in [-0.3, -0.25) is 4.84 Å². The Hall–Kier alpha value is -0.240. The van der Waals surface area contributed by atoms with Crippen LogP contribution < -0.4 is 11.4 Å². The van der Waals surface area contributed by atoms with E-state index in [0.29, 0.717) is 24.2 Å². The first-order chi connectivity index (χ1) is 6.18. The minimum atomic E-state index is 0.118. The SMILES string of the molecule is C[N+](CCO)(CCNO)CCON. The Balaban J connectivity index is 3.84. The lowest BCUT2D eigenvalue weighted by Crippen LogP contribution is -2.51. The molecule has 0 aromatic heterocycles. The molecule has 0 fully saturated rings. The van der Waals surface area contributed by atoms with Crippen LogP contribution in [-0.4, -0.2) is 61.2 Å². The smallest absolute Gasteiger partial charge is 0.117 e. The molecule has 0 aromatic carbocycles. The van der Waals surface area contributed by atoms with Crippen LogP contribution in [0.15, 0.2) is 0 Å². The Kier molecular flexibility index (Phi) is 7.06. The number of nitrogens with zero attached hydrogens (tertiary/aromatic N) is 1. The summed E-state index contributed by atoms with van der Waals surface area (Å²) < 4.78 is 0.626. The minimum absolute atomic E-state index is 0.118. The Labute approximate surface area is 78.4 Å². The van der Waals surface area contributed by atoms with Crippen LogP contribution in [0.3, 0.4) is 0 Å². The number of rotatable bonds is 8. The van der Waals surface area contributed by atoms with Gasteiger partial charge in [-0.25, -0.2) is 5.90 Å². The van der Waals surface area contributed by atoms with Crippen molar-refractivity contribution in [3.05, 3.63) is 0 Å². The summed E-state index contributed by atoms with van der Waals surface area (Å²) in [4.78, 5) is 4.48. The maximum absolute atomic E-state index is 8.83. The standard InChI is InChI=1S/C7H20N3O3/c1-10(4-6-11,3-2-9-12)5-7-13-8/h9,11-12H,2-8H2,1H3/q+1. The van der Waals surface area contributed by atoms with Crippen molar-refractivity contribution in [2.45, 2.75) is 0 Å². The van der Waals surface area contributed by atoms with Crippen LogP contribution in [-0.2, 0) is 4.84 Å². The lowest BCUT2D eigenvalue weighted by atomic mass is 10.3. The lowest BCUT2D eigenvalue weighted by Gasteiger charge is -2.33. The van der Waals surface area contributed by atoms with Crippen LogP contribution in [0.2, 0.25) is 0 Å². The molecule has 0 aliphatic rings. The summed E-state index contributed by atoms with van der Waals surface area (Å²) in [7, 11) is 1.98. The van der Waals surface area contributed by atoms with Gasteiger partial charge in [0, 0.05) is 0 Å². The number of likely N-dealkylation sites (N-methyl/N-ethyl adjacent to an activating group) is 1. The molecule has 0 aliphatic carbocycles. The van der Waals surface area contributed by atoms with E-state index in [4.69, 9.17) is 16.2 Å². The first-order valence-corrected chi connectivity index (χ1v) is 4.31. The van der Waals surface area contributed by atoms with Crippen molar-refractivity contribution in [2.24, 2.45) is 5.90 Å². The first-order valence-electron chi connectivity index (χ1n) is 4.31. The fraction of sp³-hybridized carbons (Fsp3) is 1.00. The number of nitrogens with one attached hydrogen (secondary N) is 1. The highest BCUT2D eigenvalue weighted by Gasteiger charge is 2.19. The Morgan fingerprint density at radius 3 is 2.54 bits per heavy atom. The van der Waals surface area contributed by atoms with Crippen molar-refractivity contribution in [2.75, 3.05) is 46.4 Å². The predicted octanol–water partition coefficient (Wildman–Crippen LogP) is -1.71. The van der Waals surface area contributed by atoms with Crippen molar-refractivity contribution < 1.29 is 19.6 Å². The minimum Gasteiger partial charge on any atom is -0.391 e. The normalized spacial score (nSPS) is 15.7. The average molecular weight is 194 g/mol. The highest BCUT2D eigenvalue weighted by Crippen LogP contribution is 1.99. The van der Waals surface area contributed by atoms with E-state index in [1.807, 2.05) is 7.05 Å². The third-order valence-corrected chi connectivity index (χ3v) is 2.15. The molecule has 80 valence electrons. The fourth-order valence-electron chi connectivity index (χ4n) is 1.17. The van der Waals surface area contributed by atoms with Crippen molar-refractivity contribution >= 4 is 0 Å². The molecule has 1 atom stereocenters. The van der Waals surface area contributed by atoms with Crippen molar-refractivity contribution in [3.63, 3.8) is 0 Å². The molecular weight excluding hydrogens is 174 g/mol. The van der Waals surface area contributed by atoms with Crippen LogP contribution in [0.5, 0.6) is 0 Å². The molecular formula is C7H20N3O3+. The van der Waals surface area contributed by atoms with Gasteiger partial charge in [0.1, 0.15) is 19.7 Å². The molecule has 5 N–H and O–H groups in total. The Bertz CT molecular complexity index is 116. The van der Waals surface area contributed by atoms with E-state index in [0.717, 1.165) is 13.1 Å². The molecule has 0 saturated heterocycles. The molecule has 0 bridgehead atoms. The van der Waals surface area contributed by atoms with E-state index in [-0.39, 0.29) is 6.61 Å². The molecule has 0 amide bonds. The van der Waals surface area contributed by atoms with Gasteiger partial charge in [-0.2, -0.15) is 5.48 Å². The Morgan fingerprint density at radius 1 is 1.38 bits per heavy atom. The molecule has 0 rings (SSSR count). The van der Waals surface area contributed by atoms with E-state index in [1.54, 1.807) is 0 Å². The molecule has 6 nitrogen and oxygen atoms in total. The summed E-state index contributed by atoms with van der Waals surface area (Å²) >= 11 is 0. The maximum Gasteiger partial charge on any atom is 0.117 e. The molecule has 13 heavy (non-hydrogen) atoms. The van der Waals surface area contributed by atoms with Gasteiger partial charge in [0.05, 0.1) is 26.7 Å². The molecule has 0 aliphatic heterocycles. The van der Waals surface area contributed by atoms with Gasteiger partial charge in [-0.05, 0) is 0 Å². The number of hydrogen-bond acceptors (Lipinski definition) is 5. The maximum atomic E-state index is 8.83. The van der Waals surface area contributed by atoms with Gasteiger partial charge in [-0.1, -0.05) is 0 Å². The number of aliphatic hydroxyl groups is 1. The monoisotopic (exact) mass is 194 g/mol. The van der Waals surface area contributed by atoms with Crippen LogP contribution in [0.4, 0.5) is 0 Å².